The number of methoxy groups -OCH3 is 1. The maximum atomic E-state index is 12.4. The van der Waals surface area contributed by atoms with Gasteiger partial charge in [0.2, 0.25) is 10.0 Å². The Morgan fingerprint density at radius 2 is 2.04 bits per heavy atom. The molecule has 0 bridgehead atoms. The maximum absolute atomic E-state index is 12.4. The van der Waals surface area contributed by atoms with Crippen LogP contribution in [-0.4, -0.2) is 38.6 Å². The number of aliphatic carboxylic acids is 1. The molecule has 23 heavy (non-hydrogen) atoms. The number of carbonyl (C=O) groups excluding carboxylic acids is 1. The first-order valence-electron chi connectivity index (χ1n) is 6.86. The van der Waals surface area contributed by atoms with E-state index < -0.39 is 28.0 Å². The second-order valence-electron chi connectivity index (χ2n) is 4.79. The van der Waals surface area contributed by atoms with Gasteiger partial charge in [-0.15, -0.1) is 0 Å². The number of ether oxygens (including phenoxy) is 1. The fourth-order valence-electron chi connectivity index (χ4n) is 1.90. The van der Waals surface area contributed by atoms with Gasteiger partial charge in [-0.1, -0.05) is 31.4 Å². The van der Waals surface area contributed by atoms with E-state index in [0.29, 0.717) is 6.42 Å². The van der Waals surface area contributed by atoms with Crippen LogP contribution in [0.2, 0.25) is 5.02 Å². The zero-order chi connectivity index (χ0) is 17.6. The van der Waals surface area contributed by atoms with Crippen LogP contribution in [0.25, 0.3) is 0 Å². The molecule has 0 saturated heterocycles. The Hall–Kier alpha value is -1.64. The highest BCUT2D eigenvalue weighted by Gasteiger charge is 2.28. The molecule has 128 valence electrons. The molecule has 0 saturated carbocycles. The first-order valence-corrected chi connectivity index (χ1v) is 8.72. The number of nitrogens with one attached hydrogen (secondary N) is 1. The zero-order valence-corrected chi connectivity index (χ0v) is 14.3. The fraction of sp³-hybridized carbons (Fsp3) is 0.429. The van der Waals surface area contributed by atoms with Crippen molar-refractivity contribution in [2.75, 3.05) is 7.11 Å². The summed E-state index contributed by atoms with van der Waals surface area (Å²) < 4.78 is 31.5. The van der Waals surface area contributed by atoms with E-state index in [4.69, 9.17) is 16.7 Å². The molecule has 2 N–H and O–H groups in total. The van der Waals surface area contributed by atoms with Gasteiger partial charge >= 0.3 is 11.9 Å². The second-order valence-corrected chi connectivity index (χ2v) is 6.91. The summed E-state index contributed by atoms with van der Waals surface area (Å²) in [4.78, 5) is 22.6. The lowest BCUT2D eigenvalue weighted by atomic mass is 10.1. The molecule has 1 atom stereocenters. The number of halogens is 1. The van der Waals surface area contributed by atoms with Crippen molar-refractivity contribution in [3.8, 4) is 0 Å². The lowest BCUT2D eigenvalue weighted by Crippen LogP contribution is -2.41. The molecule has 0 radical (unpaired) electrons. The first-order chi connectivity index (χ1) is 10.7. The molecule has 1 aromatic carbocycles. The Kier molecular flexibility index (Phi) is 6.99. The molecule has 0 aliphatic rings. The van der Waals surface area contributed by atoms with Crippen LogP contribution in [0, 0.1) is 0 Å². The van der Waals surface area contributed by atoms with Gasteiger partial charge in [0.1, 0.15) is 6.04 Å². The maximum Gasteiger partial charge on any atom is 0.339 e. The summed E-state index contributed by atoms with van der Waals surface area (Å²) in [5, 5.41) is 9.30. The Bertz CT molecular complexity index is 689. The van der Waals surface area contributed by atoms with Gasteiger partial charge in [0, 0.05) is 5.02 Å². The minimum atomic E-state index is -4.23. The number of hydrogen-bond acceptors (Lipinski definition) is 5. The van der Waals surface area contributed by atoms with Crippen LogP contribution in [0.3, 0.4) is 0 Å². The molecular formula is C14H18ClNO6S. The van der Waals surface area contributed by atoms with E-state index in [9.17, 15) is 18.0 Å². The predicted octanol–water partition coefficient (Wildman–Crippen LogP) is 2.05. The van der Waals surface area contributed by atoms with Crippen molar-refractivity contribution in [2.24, 2.45) is 0 Å². The number of benzene rings is 1. The van der Waals surface area contributed by atoms with E-state index in [1.165, 1.54) is 6.07 Å². The number of unbranched alkanes of at least 4 members (excludes halogenated alkanes) is 1. The molecular weight excluding hydrogens is 346 g/mol. The molecule has 1 unspecified atom stereocenters. The van der Waals surface area contributed by atoms with Gasteiger partial charge in [0.25, 0.3) is 0 Å². The number of hydrogen-bond donors (Lipinski definition) is 2. The standard InChI is InChI=1S/C14H18ClNO6S/c1-3-4-5-11(13(17)18)16-23(20,21)12-7-6-9(15)8-10(12)14(19)22-2/h6-8,11,16H,3-5H2,1-2H3,(H,17,18). The molecule has 9 heteroatoms. The molecule has 0 amide bonds. The van der Waals surface area contributed by atoms with Crippen LogP contribution >= 0.6 is 11.6 Å². The number of carboxylic acid groups (broad SMARTS) is 1. The number of rotatable bonds is 8. The third kappa shape index (κ3) is 5.19. The van der Waals surface area contributed by atoms with Gasteiger partial charge < -0.3 is 9.84 Å². The summed E-state index contributed by atoms with van der Waals surface area (Å²) in [7, 11) is -3.12. The molecule has 1 rings (SSSR count). The van der Waals surface area contributed by atoms with E-state index in [0.717, 1.165) is 25.7 Å². The summed E-state index contributed by atoms with van der Waals surface area (Å²) in [6.45, 7) is 1.86. The van der Waals surface area contributed by atoms with Crippen molar-refractivity contribution in [3.05, 3.63) is 28.8 Å². The third-order valence-electron chi connectivity index (χ3n) is 3.08. The van der Waals surface area contributed by atoms with E-state index in [2.05, 4.69) is 9.46 Å². The lowest BCUT2D eigenvalue weighted by molar-refractivity contribution is -0.139. The Morgan fingerprint density at radius 1 is 1.39 bits per heavy atom. The monoisotopic (exact) mass is 363 g/mol. The summed E-state index contributed by atoms with van der Waals surface area (Å²) >= 11 is 5.78. The molecule has 0 aliphatic carbocycles. The third-order valence-corrected chi connectivity index (χ3v) is 4.84. The zero-order valence-electron chi connectivity index (χ0n) is 12.7. The second kappa shape index (κ2) is 8.28. The smallest absolute Gasteiger partial charge is 0.339 e. The number of carboxylic acids is 1. The van der Waals surface area contributed by atoms with Crippen molar-refractivity contribution >= 4 is 33.6 Å². The Balaban J connectivity index is 3.22. The molecule has 0 fully saturated rings. The van der Waals surface area contributed by atoms with Crippen LogP contribution in [0.4, 0.5) is 0 Å². The summed E-state index contributed by atoms with van der Waals surface area (Å²) in [6.07, 6.45) is 1.41. The van der Waals surface area contributed by atoms with Gasteiger partial charge in [0.15, 0.2) is 0 Å². The Labute approximate surface area is 139 Å². The highest BCUT2D eigenvalue weighted by atomic mass is 35.5. The molecule has 1 aromatic rings. The Morgan fingerprint density at radius 3 is 2.57 bits per heavy atom. The number of esters is 1. The van der Waals surface area contributed by atoms with Gasteiger partial charge in [-0.3, -0.25) is 4.79 Å². The van der Waals surface area contributed by atoms with Crippen molar-refractivity contribution in [1.82, 2.24) is 4.72 Å². The minimum Gasteiger partial charge on any atom is -0.480 e. The molecule has 0 spiro atoms. The van der Waals surface area contributed by atoms with Crippen molar-refractivity contribution < 1.29 is 27.9 Å². The predicted molar refractivity (Wildman–Crippen MR) is 84.1 cm³/mol. The number of carbonyl (C=O) groups is 2. The van der Waals surface area contributed by atoms with Crippen molar-refractivity contribution in [2.45, 2.75) is 37.1 Å². The summed E-state index contributed by atoms with van der Waals surface area (Å²) in [5.74, 6) is -2.16. The number of sulfonamides is 1. The van der Waals surface area contributed by atoms with Crippen LogP contribution in [0.5, 0.6) is 0 Å². The molecule has 0 aromatic heterocycles. The van der Waals surface area contributed by atoms with E-state index in [-0.39, 0.29) is 21.9 Å². The van der Waals surface area contributed by atoms with Crippen LogP contribution in [0.15, 0.2) is 23.1 Å². The van der Waals surface area contributed by atoms with Crippen molar-refractivity contribution in [3.63, 3.8) is 0 Å². The average molecular weight is 364 g/mol. The topological polar surface area (TPSA) is 110 Å². The SMILES string of the molecule is CCCCC(NS(=O)(=O)c1ccc(Cl)cc1C(=O)OC)C(=O)O. The van der Waals surface area contributed by atoms with Crippen LogP contribution in [-0.2, 0) is 19.6 Å². The van der Waals surface area contributed by atoms with Gasteiger partial charge in [-0.2, -0.15) is 4.72 Å². The highest BCUT2D eigenvalue weighted by molar-refractivity contribution is 7.89. The van der Waals surface area contributed by atoms with E-state index in [1.807, 2.05) is 6.92 Å². The largest absolute Gasteiger partial charge is 0.480 e. The quantitative estimate of drug-likeness (QED) is 0.684. The molecule has 0 aliphatic heterocycles. The summed E-state index contributed by atoms with van der Waals surface area (Å²) in [5.41, 5.74) is -0.257. The minimum absolute atomic E-state index is 0.145. The van der Waals surface area contributed by atoms with E-state index >= 15 is 0 Å². The van der Waals surface area contributed by atoms with Gasteiger partial charge in [-0.05, 0) is 24.6 Å². The normalized spacial score (nSPS) is 12.7. The van der Waals surface area contributed by atoms with Crippen molar-refractivity contribution in [1.29, 1.82) is 0 Å². The van der Waals surface area contributed by atoms with Gasteiger partial charge in [0.05, 0.1) is 17.6 Å². The summed E-state index contributed by atoms with van der Waals surface area (Å²) in [6, 6.07) is 2.31. The molecule has 0 heterocycles. The van der Waals surface area contributed by atoms with Crippen LogP contribution in [0.1, 0.15) is 36.5 Å². The van der Waals surface area contributed by atoms with Crippen LogP contribution < -0.4 is 4.72 Å². The molecule has 7 nitrogen and oxygen atoms in total. The van der Waals surface area contributed by atoms with E-state index in [1.54, 1.807) is 0 Å². The highest BCUT2D eigenvalue weighted by Crippen LogP contribution is 2.22. The average Bonchev–Trinajstić information content (AvgIpc) is 2.49. The lowest BCUT2D eigenvalue weighted by Gasteiger charge is -2.16. The first kappa shape index (κ1) is 19.4. The van der Waals surface area contributed by atoms with Gasteiger partial charge in [-0.25, -0.2) is 13.2 Å². The fourth-order valence-corrected chi connectivity index (χ4v) is 3.47.